The zero-order valence-electron chi connectivity index (χ0n) is 15.7. The summed E-state index contributed by atoms with van der Waals surface area (Å²) >= 11 is 0. The lowest BCUT2D eigenvalue weighted by Gasteiger charge is -2.55. The Morgan fingerprint density at radius 2 is 2.00 bits per heavy atom. The average Bonchev–Trinajstić information content (AvgIpc) is 2.91. The van der Waals surface area contributed by atoms with Crippen molar-refractivity contribution in [3.05, 3.63) is 35.5 Å². The molecule has 0 spiro atoms. The number of ketones is 2. The first kappa shape index (κ1) is 17.4. The van der Waals surface area contributed by atoms with Gasteiger partial charge in [-0.15, -0.1) is 0 Å². The first-order valence-electron chi connectivity index (χ1n) is 9.55. The maximum atomic E-state index is 13.3. The Morgan fingerprint density at radius 1 is 1.23 bits per heavy atom. The molecular weight excluding hydrogens is 328 g/mol. The second-order valence-corrected chi connectivity index (χ2v) is 8.77. The molecule has 0 bridgehead atoms. The molecule has 4 heteroatoms. The van der Waals surface area contributed by atoms with Crippen molar-refractivity contribution in [2.24, 2.45) is 28.6 Å². The van der Waals surface area contributed by atoms with E-state index in [4.69, 9.17) is 4.74 Å². The normalized spacial score (nSPS) is 42.8. The van der Waals surface area contributed by atoms with Crippen molar-refractivity contribution in [1.29, 1.82) is 0 Å². The van der Waals surface area contributed by atoms with Crippen LogP contribution < -0.4 is 0 Å². The SMILES string of the molecule is COC(=O)/C=C1\CC[C@@H]2[C@H]3CCC4=CC(=O)C=C[C@]4(C)[C@@H]3C(=O)C[C@@]12C. The number of allylic oxidation sites excluding steroid dienone is 5. The van der Waals surface area contributed by atoms with Gasteiger partial charge < -0.3 is 4.74 Å². The van der Waals surface area contributed by atoms with Crippen molar-refractivity contribution in [3.63, 3.8) is 0 Å². The number of methoxy groups -OCH3 is 1. The Morgan fingerprint density at radius 3 is 2.73 bits per heavy atom. The van der Waals surface area contributed by atoms with Crippen molar-refractivity contribution >= 4 is 17.5 Å². The van der Waals surface area contributed by atoms with E-state index in [0.29, 0.717) is 18.3 Å². The molecule has 0 aromatic rings. The van der Waals surface area contributed by atoms with Crippen LogP contribution in [-0.4, -0.2) is 24.6 Å². The number of esters is 1. The number of hydrogen-bond acceptors (Lipinski definition) is 4. The molecule has 4 aliphatic rings. The Bertz CT molecular complexity index is 786. The van der Waals surface area contributed by atoms with E-state index < -0.39 is 0 Å². The topological polar surface area (TPSA) is 60.4 Å². The van der Waals surface area contributed by atoms with Gasteiger partial charge in [-0.25, -0.2) is 4.79 Å². The first-order chi connectivity index (χ1) is 12.3. The minimum Gasteiger partial charge on any atom is -0.466 e. The van der Waals surface area contributed by atoms with Crippen LogP contribution in [0.5, 0.6) is 0 Å². The van der Waals surface area contributed by atoms with Gasteiger partial charge in [0.2, 0.25) is 0 Å². The van der Waals surface area contributed by atoms with Gasteiger partial charge in [0.25, 0.3) is 0 Å². The van der Waals surface area contributed by atoms with Crippen LogP contribution in [0.4, 0.5) is 0 Å². The van der Waals surface area contributed by atoms with E-state index in [9.17, 15) is 14.4 Å². The van der Waals surface area contributed by atoms with Gasteiger partial charge in [-0.1, -0.05) is 31.1 Å². The summed E-state index contributed by atoms with van der Waals surface area (Å²) in [6.45, 7) is 4.28. The molecule has 4 aliphatic carbocycles. The van der Waals surface area contributed by atoms with Crippen LogP contribution in [-0.2, 0) is 19.1 Å². The highest BCUT2D eigenvalue weighted by Crippen LogP contribution is 2.64. The molecule has 0 aromatic heterocycles. The molecule has 0 N–H and O–H groups in total. The Balaban J connectivity index is 1.72. The highest BCUT2D eigenvalue weighted by molar-refractivity contribution is 6.01. The fourth-order valence-corrected chi connectivity index (χ4v) is 6.32. The van der Waals surface area contributed by atoms with E-state index >= 15 is 0 Å². The van der Waals surface area contributed by atoms with Crippen LogP contribution >= 0.6 is 0 Å². The predicted molar refractivity (Wildman–Crippen MR) is 97.1 cm³/mol. The molecule has 138 valence electrons. The minimum absolute atomic E-state index is 0.0354. The maximum Gasteiger partial charge on any atom is 0.330 e. The third kappa shape index (κ3) is 2.30. The molecule has 0 unspecified atom stereocenters. The molecule has 0 amide bonds. The largest absolute Gasteiger partial charge is 0.466 e. The number of rotatable bonds is 1. The third-order valence-electron chi connectivity index (χ3n) is 7.60. The van der Waals surface area contributed by atoms with E-state index in [1.54, 1.807) is 18.2 Å². The lowest BCUT2D eigenvalue weighted by Crippen LogP contribution is -2.53. The van der Waals surface area contributed by atoms with E-state index in [-0.39, 0.29) is 34.3 Å². The van der Waals surface area contributed by atoms with Crippen LogP contribution in [0.1, 0.15) is 46.0 Å². The molecule has 0 aliphatic heterocycles. The van der Waals surface area contributed by atoms with Crippen molar-refractivity contribution in [2.75, 3.05) is 7.11 Å². The average molecular weight is 354 g/mol. The summed E-state index contributed by atoms with van der Waals surface area (Å²) in [4.78, 5) is 36.9. The molecule has 4 nitrogen and oxygen atoms in total. The summed E-state index contributed by atoms with van der Waals surface area (Å²) in [7, 11) is 1.39. The highest BCUT2D eigenvalue weighted by atomic mass is 16.5. The van der Waals surface area contributed by atoms with Crippen LogP contribution in [0.3, 0.4) is 0 Å². The number of ether oxygens (including phenoxy) is 1. The van der Waals surface area contributed by atoms with Gasteiger partial charge in [0.15, 0.2) is 5.78 Å². The number of Topliss-reactive ketones (excluding diaryl/α,β-unsaturated/α-hetero) is 1. The molecule has 3 fully saturated rings. The zero-order valence-corrected chi connectivity index (χ0v) is 15.7. The van der Waals surface area contributed by atoms with Crippen LogP contribution in [0.2, 0.25) is 0 Å². The van der Waals surface area contributed by atoms with E-state index in [1.807, 2.05) is 6.08 Å². The molecule has 5 atom stereocenters. The van der Waals surface area contributed by atoms with Gasteiger partial charge in [-0.2, -0.15) is 0 Å². The van der Waals surface area contributed by atoms with Crippen molar-refractivity contribution in [2.45, 2.75) is 46.0 Å². The Hall–Kier alpha value is -1.97. The lowest BCUT2D eigenvalue weighted by molar-refractivity contribution is -0.140. The van der Waals surface area contributed by atoms with Crippen LogP contribution in [0.15, 0.2) is 35.5 Å². The summed E-state index contributed by atoms with van der Waals surface area (Å²) in [5.41, 5.74) is 1.62. The number of carbonyl (C=O) groups is 3. The summed E-state index contributed by atoms with van der Waals surface area (Å²) in [6.07, 6.45) is 11.1. The van der Waals surface area contributed by atoms with Crippen molar-refractivity contribution in [1.82, 2.24) is 0 Å². The first-order valence-corrected chi connectivity index (χ1v) is 9.55. The van der Waals surface area contributed by atoms with E-state index in [1.165, 1.54) is 7.11 Å². The standard InChI is InChI=1S/C22H26O4/c1-21-9-8-15(23)10-13(21)4-6-16-17-7-5-14(11-19(25)26-3)22(17,2)12-18(24)20(16)21/h8-11,16-17,20H,4-7,12H2,1-3H3/b14-11+/t16-,17-,20+,21+,22+/m1/s1. The second-order valence-electron chi connectivity index (χ2n) is 8.77. The molecule has 26 heavy (non-hydrogen) atoms. The van der Waals surface area contributed by atoms with Gasteiger partial charge in [-0.3, -0.25) is 9.59 Å². The predicted octanol–water partition coefficient (Wildman–Crippen LogP) is 3.57. The van der Waals surface area contributed by atoms with Crippen molar-refractivity contribution in [3.8, 4) is 0 Å². The summed E-state index contributed by atoms with van der Waals surface area (Å²) in [5.74, 6) is 0.649. The smallest absolute Gasteiger partial charge is 0.330 e. The zero-order chi connectivity index (χ0) is 18.7. The van der Waals surface area contributed by atoms with Gasteiger partial charge >= 0.3 is 5.97 Å². The molecule has 3 saturated carbocycles. The van der Waals surface area contributed by atoms with Gasteiger partial charge in [0.1, 0.15) is 5.78 Å². The van der Waals surface area contributed by atoms with E-state index in [2.05, 4.69) is 13.8 Å². The van der Waals surface area contributed by atoms with Crippen LogP contribution in [0.25, 0.3) is 0 Å². The van der Waals surface area contributed by atoms with Gasteiger partial charge in [0, 0.05) is 23.8 Å². The molecule has 0 heterocycles. The summed E-state index contributed by atoms with van der Waals surface area (Å²) in [5, 5.41) is 0. The molecule has 0 radical (unpaired) electrons. The van der Waals surface area contributed by atoms with Gasteiger partial charge in [-0.05, 0) is 55.1 Å². The fourth-order valence-electron chi connectivity index (χ4n) is 6.32. The fraction of sp³-hybridized carbons (Fsp3) is 0.591. The third-order valence-corrected chi connectivity index (χ3v) is 7.60. The van der Waals surface area contributed by atoms with Crippen LogP contribution in [0, 0.1) is 28.6 Å². The van der Waals surface area contributed by atoms with Crippen molar-refractivity contribution < 1.29 is 19.1 Å². The maximum absolute atomic E-state index is 13.3. The highest BCUT2D eigenvalue weighted by Gasteiger charge is 2.60. The minimum atomic E-state index is -0.329. The quantitative estimate of drug-likeness (QED) is 0.533. The summed E-state index contributed by atoms with van der Waals surface area (Å²) < 4.78 is 4.82. The molecule has 0 aromatic carbocycles. The van der Waals surface area contributed by atoms with E-state index in [0.717, 1.165) is 36.8 Å². The summed E-state index contributed by atoms with van der Waals surface area (Å²) in [6, 6.07) is 0. The molecule has 4 rings (SSSR count). The number of hydrogen-bond donors (Lipinski definition) is 0. The monoisotopic (exact) mass is 354 g/mol. The molecular formula is C22H26O4. The Kier molecular flexibility index (Phi) is 3.87. The number of carbonyl (C=O) groups excluding carboxylic acids is 3. The molecule has 0 saturated heterocycles. The lowest BCUT2D eigenvalue weighted by atomic mass is 9.48. The number of fused-ring (bicyclic) bond motifs is 5. The Labute approximate surface area is 154 Å². The second kappa shape index (κ2) is 5.77. The van der Waals surface area contributed by atoms with Gasteiger partial charge in [0.05, 0.1) is 7.11 Å².